The molecule has 0 aromatic rings. The molecule has 33 heavy (non-hydrogen) atoms. The SMILES string of the molecule is CC(C)C1CC(O)C2C1(CO)CCC1(C)C3CCC4C(C)(CCC(O)C4(C)C)C3=CCC21C. The van der Waals surface area contributed by atoms with Crippen LogP contribution in [0.15, 0.2) is 11.6 Å². The van der Waals surface area contributed by atoms with Gasteiger partial charge in [0.2, 0.25) is 0 Å². The molecule has 0 saturated heterocycles. The lowest BCUT2D eigenvalue weighted by Crippen LogP contribution is -2.64. The largest absolute Gasteiger partial charge is 0.396 e. The van der Waals surface area contributed by atoms with E-state index in [1.54, 1.807) is 5.57 Å². The predicted molar refractivity (Wildman–Crippen MR) is 133 cm³/mol. The number of aliphatic hydroxyl groups is 3. The van der Waals surface area contributed by atoms with Gasteiger partial charge in [-0.05, 0) is 103 Å². The first kappa shape index (κ1) is 24.3. The Bertz CT molecular complexity index is 830. The van der Waals surface area contributed by atoms with Crippen LogP contribution in [-0.2, 0) is 0 Å². The summed E-state index contributed by atoms with van der Waals surface area (Å²) >= 11 is 0. The molecule has 0 bridgehead atoms. The van der Waals surface area contributed by atoms with Crippen LogP contribution in [0.4, 0.5) is 0 Å². The average Bonchev–Trinajstić information content (AvgIpc) is 3.06. The number of rotatable bonds is 2. The van der Waals surface area contributed by atoms with E-state index in [1.807, 2.05) is 0 Å². The molecule has 188 valence electrons. The third-order valence-corrected chi connectivity index (χ3v) is 13.2. The molecule has 0 aromatic carbocycles. The summed E-state index contributed by atoms with van der Waals surface area (Å²) in [7, 11) is 0. The van der Waals surface area contributed by atoms with Crippen LogP contribution < -0.4 is 0 Å². The van der Waals surface area contributed by atoms with Gasteiger partial charge < -0.3 is 15.3 Å². The number of allylic oxidation sites excluding steroid dienone is 2. The van der Waals surface area contributed by atoms with E-state index >= 15 is 0 Å². The van der Waals surface area contributed by atoms with Crippen molar-refractivity contribution < 1.29 is 15.3 Å². The summed E-state index contributed by atoms with van der Waals surface area (Å²) < 4.78 is 0. The van der Waals surface area contributed by atoms with Crippen LogP contribution in [-0.4, -0.2) is 34.1 Å². The molecule has 0 aromatic heterocycles. The molecule has 10 atom stereocenters. The molecule has 4 saturated carbocycles. The first-order valence-electron chi connectivity index (χ1n) is 14.0. The van der Waals surface area contributed by atoms with Crippen molar-refractivity contribution in [2.75, 3.05) is 6.61 Å². The Morgan fingerprint density at radius 3 is 2.27 bits per heavy atom. The Balaban J connectivity index is 1.59. The fourth-order valence-corrected chi connectivity index (χ4v) is 11.3. The lowest BCUT2D eigenvalue weighted by molar-refractivity contribution is -0.193. The molecular formula is C30H50O3. The summed E-state index contributed by atoms with van der Waals surface area (Å²) in [6, 6.07) is 0. The minimum absolute atomic E-state index is 0.0120. The first-order chi connectivity index (χ1) is 15.3. The van der Waals surface area contributed by atoms with Crippen molar-refractivity contribution in [3.05, 3.63) is 11.6 Å². The number of hydrogen-bond donors (Lipinski definition) is 3. The minimum Gasteiger partial charge on any atom is -0.396 e. The van der Waals surface area contributed by atoms with Crippen molar-refractivity contribution in [3.8, 4) is 0 Å². The normalized spacial score (nSPS) is 55.3. The van der Waals surface area contributed by atoms with Gasteiger partial charge in [-0.1, -0.05) is 60.1 Å². The molecule has 0 radical (unpaired) electrons. The topological polar surface area (TPSA) is 60.7 Å². The van der Waals surface area contributed by atoms with E-state index in [1.165, 1.54) is 12.8 Å². The Morgan fingerprint density at radius 2 is 1.64 bits per heavy atom. The van der Waals surface area contributed by atoms with Gasteiger partial charge in [-0.3, -0.25) is 0 Å². The summed E-state index contributed by atoms with van der Waals surface area (Å²) in [4.78, 5) is 0. The van der Waals surface area contributed by atoms with Gasteiger partial charge in [0.15, 0.2) is 0 Å². The van der Waals surface area contributed by atoms with Gasteiger partial charge >= 0.3 is 0 Å². The van der Waals surface area contributed by atoms with Gasteiger partial charge in [0.1, 0.15) is 0 Å². The van der Waals surface area contributed by atoms with E-state index in [9.17, 15) is 15.3 Å². The molecule has 3 nitrogen and oxygen atoms in total. The maximum absolute atomic E-state index is 11.5. The summed E-state index contributed by atoms with van der Waals surface area (Å²) in [5.74, 6) is 2.17. The lowest BCUT2D eigenvalue weighted by Gasteiger charge is -2.69. The van der Waals surface area contributed by atoms with Crippen molar-refractivity contribution in [2.24, 2.45) is 56.7 Å². The average molecular weight is 459 g/mol. The third-order valence-electron chi connectivity index (χ3n) is 13.2. The molecule has 0 aliphatic heterocycles. The van der Waals surface area contributed by atoms with Crippen LogP contribution in [0.25, 0.3) is 0 Å². The Morgan fingerprint density at radius 1 is 0.939 bits per heavy atom. The van der Waals surface area contributed by atoms with Crippen LogP contribution in [0.1, 0.15) is 99.8 Å². The van der Waals surface area contributed by atoms with E-state index in [0.717, 1.165) is 38.5 Å². The van der Waals surface area contributed by atoms with Crippen molar-refractivity contribution >= 4 is 0 Å². The maximum atomic E-state index is 11.5. The maximum Gasteiger partial charge on any atom is 0.0594 e. The monoisotopic (exact) mass is 458 g/mol. The zero-order valence-corrected chi connectivity index (χ0v) is 22.3. The van der Waals surface area contributed by atoms with E-state index in [4.69, 9.17) is 0 Å². The Labute approximate surface area is 202 Å². The van der Waals surface area contributed by atoms with Crippen LogP contribution in [0.5, 0.6) is 0 Å². The summed E-state index contributed by atoms with van der Waals surface area (Å²) in [6.45, 7) is 16.9. The first-order valence-corrected chi connectivity index (χ1v) is 14.0. The number of aliphatic hydroxyl groups excluding tert-OH is 3. The van der Waals surface area contributed by atoms with E-state index in [0.29, 0.717) is 23.7 Å². The van der Waals surface area contributed by atoms with Gasteiger partial charge in [-0.15, -0.1) is 0 Å². The molecule has 5 aliphatic rings. The zero-order valence-electron chi connectivity index (χ0n) is 22.3. The highest BCUT2D eigenvalue weighted by Gasteiger charge is 2.71. The van der Waals surface area contributed by atoms with E-state index in [2.05, 4.69) is 54.5 Å². The Kier molecular flexibility index (Phi) is 5.40. The molecule has 0 amide bonds. The molecular weight excluding hydrogens is 408 g/mol. The van der Waals surface area contributed by atoms with Gasteiger partial charge in [0.05, 0.1) is 12.2 Å². The van der Waals surface area contributed by atoms with Gasteiger partial charge in [0, 0.05) is 12.0 Å². The number of fused-ring (bicyclic) bond motifs is 7. The van der Waals surface area contributed by atoms with E-state index < -0.39 is 0 Å². The van der Waals surface area contributed by atoms with Crippen molar-refractivity contribution in [1.29, 1.82) is 0 Å². The molecule has 3 heteroatoms. The van der Waals surface area contributed by atoms with Crippen molar-refractivity contribution in [1.82, 2.24) is 0 Å². The Hall–Kier alpha value is -0.380. The highest BCUT2D eigenvalue weighted by atomic mass is 16.3. The molecule has 4 fully saturated rings. The molecule has 10 unspecified atom stereocenters. The standard InChI is InChI=1S/C30H50O3/c1-18(2)21-16-22(32)25-29(7)13-10-19-20(28(29,6)14-15-30(21,25)17-31)8-9-23-26(3,4)24(33)11-12-27(19,23)5/h10,18,20-25,31-33H,8-9,11-17H2,1-7H3. The van der Waals surface area contributed by atoms with Crippen molar-refractivity contribution in [2.45, 2.75) is 112 Å². The summed E-state index contributed by atoms with van der Waals surface area (Å²) in [5.41, 5.74) is 1.86. The van der Waals surface area contributed by atoms with Gasteiger partial charge in [-0.2, -0.15) is 0 Å². The molecule has 0 heterocycles. The summed E-state index contributed by atoms with van der Waals surface area (Å²) in [6.07, 6.45) is 10.6. The third kappa shape index (κ3) is 2.80. The fourth-order valence-electron chi connectivity index (χ4n) is 11.3. The van der Waals surface area contributed by atoms with Crippen LogP contribution in [0, 0.1) is 56.7 Å². The zero-order chi connectivity index (χ0) is 24.2. The van der Waals surface area contributed by atoms with Crippen LogP contribution in [0.2, 0.25) is 0 Å². The second-order valence-electron chi connectivity index (χ2n) is 14.7. The fraction of sp³-hybridized carbons (Fsp3) is 0.933. The smallest absolute Gasteiger partial charge is 0.0594 e. The van der Waals surface area contributed by atoms with Crippen LogP contribution in [0.3, 0.4) is 0 Å². The minimum atomic E-state index is -0.306. The highest BCUT2D eigenvalue weighted by Crippen LogP contribution is 2.76. The second kappa shape index (κ2) is 7.32. The second-order valence-corrected chi connectivity index (χ2v) is 14.7. The molecule has 3 N–H and O–H groups in total. The lowest BCUT2D eigenvalue weighted by atomic mass is 9.35. The number of hydrogen-bond acceptors (Lipinski definition) is 3. The van der Waals surface area contributed by atoms with Crippen molar-refractivity contribution in [3.63, 3.8) is 0 Å². The molecule has 0 spiro atoms. The molecule has 5 aliphatic carbocycles. The predicted octanol–water partition coefficient (Wildman–Crippen LogP) is 5.97. The van der Waals surface area contributed by atoms with Gasteiger partial charge in [-0.25, -0.2) is 0 Å². The summed E-state index contributed by atoms with van der Waals surface area (Å²) in [5, 5.41) is 33.2. The molecule has 5 rings (SSSR count). The van der Waals surface area contributed by atoms with Crippen LogP contribution >= 0.6 is 0 Å². The highest BCUT2D eigenvalue weighted by molar-refractivity contribution is 5.33. The quantitative estimate of drug-likeness (QED) is 0.447. The van der Waals surface area contributed by atoms with E-state index in [-0.39, 0.29) is 51.8 Å². The van der Waals surface area contributed by atoms with Gasteiger partial charge in [0.25, 0.3) is 0 Å².